The Morgan fingerprint density at radius 2 is 1.85 bits per heavy atom. The van der Waals surface area contributed by atoms with Gasteiger partial charge in [0.1, 0.15) is 12.4 Å². The van der Waals surface area contributed by atoms with E-state index in [0.717, 1.165) is 12.1 Å². The Labute approximate surface area is 112 Å². The zero-order valence-electron chi connectivity index (χ0n) is 10.2. The molecule has 1 amide bonds. The summed E-state index contributed by atoms with van der Waals surface area (Å²) in [6.45, 7) is -0.300. The molecule has 0 aliphatic rings. The van der Waals surface area contributed by atoms with Crippen LogP contribution in [0.5, 0.6) is 5.75 Å². The van der Waals surface area contributed by atoms with Gasteiger partial charge in [-0.3, -0.25) is 4.79 Å². The Morgan fingerprint density at radius 1 is 1.10 bits per heavy atom. The highest BCUT2D eigenvalue weighted by molar-refractivity contribution is 5.93. The van der Waals surface area contributed by atoms with Crippen molar-refractivity contribution in [3.63, 3.8) is 0 Å². The van der Waals surface area contributed by atoms with Crippen LogP contribution in [-0.2, 0) is 6.61 Å². The van der Waals surface area contributed by atoms with Crippen molar-refractivity contribution < 1.29 is 22.7 Å². The fourth-order valence-corrected chi connectivity index (χ4v) is 1.58. The van der Waals surface area contributed by atoms with Gasteiger partial charge in [0.05, 0.1) is 0 Å². The molecule has 0 radical (unpaired) electrons. The van der Waals surface area contributed by atoms with E-state index in [0.29, 0.717) is 0 Å². The molecule has 0 heterocycles. The molecule has 0 aliphatic carbocycles. The highest BCUT2D eigenvalue weighted by Crippen LogP contribution is 2.19. The second-order valence-corrected chi connectivity index (χ2v) is 4.02. The molecule has 0 spiro atoms. The molecule has 6 heteroatoms. The van der Waals surface area contributed by atoms with E-state index in [1.54, 1.807) is 0 Å². The number of hydrogen-bond donors (Lipinski definition) is 1. The SMILES string of the molecule is NC(=O)c1cccc(OCc2ccc(F)c(F)c2F)c1. The van der Waals surface area contributed by atoms with E-state index in [9.17, 15) is 18.0 Å². The first-order chi connectivity index (χ1) is 9.49. The Morgan fingerprint density at radius 3 is 2.55 bits per heavy atom. The van der Waals surface area contributed by atoms with E-state index < -0.39 is 23.4 Å². The van der Waals surface area contributed by atoms with Gasteiger partial charge in [-0.05, 0) is 30.3 Å². The molecule has 3 nitrogen and oxygen atoms in total. The maximum atomic E-state index is 13.4. The van der Waals surface area contributed by atoms with Gasteiger partial charge in [-0.25, -0.2) is 13.2 Å². The Balaban J connectivity index is 2.15. The van der Waals surface area contributed by atoms with Gasteiger partial charge in [0, 0.05) is 11.1 Å². The largest absolute Gasteiger partial charge is 0.489 e. The lowest BCUT2D eigenvalue weighted by molar-refractivity contribution is 0.1000. The van der Waals surface area contributed by atoms with Gasteiger partial charge in [0.2, 0.25) is 5.91 Å². The minimum absolute atomic E-state index is 0.131. The summed E-state index contributed by atoms with van der Waals surface area (Å²) in [4.78, 5) is 11.0. The summed E-state index contributed by atoms with van der Waals surface area (Å²) >= 11 is 0. The van der Waals surface area contributed by atoms with Crippen LogP contribution in [0.2, 0.25) is 0 Å². The van der Waals surface area contributed by atoms with E-state index in [2.05, 4.69) is 0 Å². The molecular weight excluding hydrogens is 271 g/mol. The first-order valence-electron chi connectivity index (χ1n) is 5.64. The fraction of sp³-hybridized carbons (Fsp3) is 0.0714. The highest BCUT2D eigenvalue weighted by atomic mass is 19.2. The summed E-state index contributed by atoms with van der Waals surface area (Å²) < 4.78 is 44.4. The Hall–Kier alpha value is -2.50. The van der Waals surface area contributed by atoms with E-state index >= 15 is 0 Å². The maximum Gasteiger partial charge on any atom is 0.248 e. The molecule has 0 bridgehead atoms. The van der Waals surface area contributed by atoms with Gasteiger partial charge >= 0.3 is 0 Å². The van der Waals surface area contributed by atoms with Crippen LogP contribution >= 0.6 is 0 Å². The number of rotatable bonds is 4. The molecule has 104 valence electrons. The third-order valence-corrected chi connectivity index (χ3v) is 2.63. The van der Waals surface area contributed by atoms with Crippen molar-refractivity contribution in [2.24, 2.45) is 5.73 Å². The van der Waals surface area contributed by atoms with Crippen LogP contribution in [0.25, 0.3) is 0 Å². The van der Waals surface area contributed by atoms with E-state index in [1.807, 2.05) is 0 Å². The molecule has 2 aromatic rings. The van der Waals surface area contributed by atoms with Crippen molar-refractivity contribution in [3.8, 4) is 5.75 Å². The third kappa shape index (κ3) is 2.90. The molecule has 0 saturated heterocycles. The Kier molecular flexibility index (Phi) is 3.93. The molecule has 0 aromatic heterocycles. The van der Waals surface area contributed by atoms with Crippen LogP contribution in [-0.4, -0.2) is 5.91 Å². The zero-order chi connectivity index (χ0) is 14.7. The summed E-state index contributed by atoms with van der Waals surface area (Å²) in [7, 11) is 0. The monoisotopic (exact) mass is 281 g/mol. The third-order valence-electron chi connectivity index (χ3n) is 2.63. The molecule has 2 rings (SSSR count). The number of amides is 1. The first kappa shape index (κ1) is 13.9. The Bertz CT molecular complexity index is 659. The number of benzene rings is 2. The van der Waals surface area contributed by atoms with Gasteiger partial charge in [-0.1, -0.05) is 6.07 Å². The van der Waals surface area contributed by atoms with Crippen LogP contribution in [0.1, 0.15) is 15.9 Å². The highest BCUT2D eigenvalue weighted by Gasteiger charge is 2.13. The minimum Gasteiger partial charge on any atom is -0.489 e. The van der Waals surface area contributed by atoms with E-state index in [4.69, 9.17) is 10.5 Å². The lowest BCUT2D eigenvalue weighted by atomic mass is 10.2. The summed E-state index contributed by atoms with van der Waals surface area (Å²) in [5.41, 5.74) is 5.20. The van der Waals surface area contributed by atoms with Crippen LogP contribution < -0.4 is 10.5 Å². The van der Waals surface area contributed by atoms with Crippen LogP contribution in [0.15, 0.2) is 36.4 Å². The minimum atomic E-state index is -1.54. The fourth-order valence-electron chi connectivity index (χ4n) is 1.58. The van der Waals surface area contributed by atoms with Crippen molar-refractivity contribution in [1.29, 1.82) is 0 Å². The number of nitrogens with two attached hydrogens (primary N) is 1. The van der Waals surface area contributed by atoms with E-state index in [1.165, 1.54) is 24.3 Å². The van der Waals surface area contributed by atoms with Crippen LogP contribution in [0.3, 0.4) is 0 Å². The first-order valence-corrected chi connectivity index (χ1v) is 5.64. The smallest absolute Gasteiger partial charge is 0.248 e. The number of ether oxygens (including phenoxy) is 1. The molecule has 2 N–H and O–H groups in total. The topological polar surface area (TPSA) is 52.3 Å². The quantitative estimate of drug-likeness (QED) is 0.876. The van der Waals surface area contributed by atoms with Gasteiger partial charge in [-0.2, -0.15) is 0 Å². The molecule has 2 aromatic carbocycles. The predicted molar refractivity (Wildman–Crippen MR) is 65.6 cm³/mol. The molecule has 0 unspecified atom stereocenters. The molecule has 0 aliphatic heterocycles. The van der Waals surface area contributed by atoms with Gasteiger partial charge < -0.3 is 10.5 Å². The summed E-state index contributed by atoms with van der Waals surface area (Å²) in [6, 6.07) is 7.84. The molecule has 0 atom stereocenters. The van der Waals surface area contributed by atoms with Crippen LogP contribution in [0.4, 0.5) is 13.2 Å². The number of primary amides is 1. The summed E-state index contributed by atoms with van der Waals surface area (Å²) in [5.74, 6) is -4.46. The number of halogens is 3. The summed E-state index contributed by atoms with van der Waals surface area (Å²) in [5, 5.41) is 0. The van der Waals surface area contributed by atoms with Crippen molar-refractivity contribution in [3.05, 3.63) is 65.0 Å². The van der Waals surface area contributed by atoms with Gasteiger partial charge in [-0.15, -0.1) is 0 Å². The second kappa shape index (κ2) is 5.64. The summed E-state index contributed by atoms with van der Waals surface area (Å²) in [6.07, 6.45) is 0. The molecule has 0 saturated carbocycles. The van der Waals surface area contributed by atoms with Crippen molar-refractivity contribution in [2.45, 2.75) is 6.61 Å². The van der Waals surface area contributed by atoms with Gasteiger partial charge in [0.25, 0.3) is 0 Å². The molecule has 0 fully saturated rings. The molecule has 20 heavy (non-hydrogen) atoms. The lowest BCUT2D eigenvalue weighted by Crippen LogP contribution is -2.11. The zero-order valence-corrected chi connectivity index (χ0v) is 10.2. The average molecular weight is 281 g/mol. The number of hydrogen-bond acceptors (Lipinski definition) is 2. The maximum absolute atomic E-state index is 13.4. The lowest BCUT2D eigenvalue weighted by Gasteiger charge is -2.08. The van der Waals surface area contributed by atoms with Crippen molar-refractivity contribution >= 4 is 5.91 Å². The molecular formula is C14H10F3NO2. The number of carbonyl (C=O) groups excluding carboxylic acids is 1. The normalized spacial score (nSPS) is 10.3. The predicted octanol–water partition coefficient (Wildman–Crippen LogP) is 2.78. The van der Waals surface area contributed by atoms with Crippen LogP contribution in [0, 0.1) is 17.5 Å². The standard InChI is InChI=1S/C14H10F3NO2/c15-11-5-4-9(12(16)13(11)17)7-20-10-3-1-2-8(6-10)14(18)19/h1-6H,7H2,(H2,18,19). The van der Waals surface area contributed by atoms with Gasteiger partial charge in [0.15, 0.2) is 17.5 Å². The van der Waals surface area contributed by atoms with Crippen molar-refractivity contribution in [2.75, 3.05) is 0 Å². The number of carbonyl (C=O) groups is 1. The van der Waals surface area contributed by atoms with E-state index in [-0.39, 0.29) is 23.5 Å². The van der Waals surface area contributed by atoms with Crippen molar-refractivity contribution in [1.82, 2.24) is 0 Å². The second-order valence-electron chi connectivity index (χ2n) is 4.02. The average Bonchev–Trinajstić information content (AvgIpc) is 2.44.